The van der Waals surface area contributed by atoms with E-state index in [-0.39, 0.29) is 0 Å². The Kier molecular flexibility index (Phi) is 1.66. The van der Waals surface area contributed by atoms with Crippen LogP contribution in [-0.4, -0.2) is 7.85 Å². The van der Waals surface area contributed by atoms with Crippen molar-refractivity contribution in [3.05, 3.63) is 30.3 Å². The normalized spacial score (nSPS) is 10.5. The van der Waals surface area contributed by atoms with Gasteiger partial charge >= 0.3 is 0 Å². The molecule has 0 fully saturated rings. The first-order valence-corrected chi connectivity index (χ1v) is 4.23. The third-order valence-electron chi connectivity index (χ3n) is 2.24. The molecular formula is C10H11BN2. The summed E-state index contributed by atoms with van der Waals surface area (Å²) < 4.78 is 0. The molecule has 0 unspecified atom stereocenters. The highest BCUT2D eigenvalue weighted by Crippen LogP contribution is 2.24. The van der Waals surface area contributed by atoms with Crippen molar-refractivity contribution < 1.29 is 0 Å². The van der Waals surface area contributed by atoms with E-state index in [4.69, 9.17) is 11.5 Å². The van der Waals surface area contributed by atoms with Crippen molar-refractivity contribution in [1.29, 1.82) is 0 Å². The lowest BCUT2D eigenvalue weighted by Crippen LogP contribution is -2.02. The molecule has 2 nitrogen and oxygen atoms in total. The van der Waals surface area contributed by atoms with Crippen LogP contribution in [0.3, 0.4) is 0 Å². The topological polar surface area (TPSA) is 52.0 Å². The van der Waals surface area contributed by atoms with Gasteiger partial charge in [0.05, 0.1) is 0 Å². The fourth-order valence-corrected chi connectivity index (χ4v) is 1.51. The van der Waals surface area contributed by atoms with Crippen molar-refractivity contribution in [2.75, 3.05) is 11.5 Å². The van der Waals surface area contributed by atoms with Crippen molar-refractivity contribution in [2.24, 2.45) is 0 Å². The first-order valence-electron chi connectivity index (χ1n) is 4.23. The Morgan fingerprint density at radius 1 is 0.846 bits per heavy atom. The molecule has 0 saturated heterocycles. The predicted molar refractivity (Wildman–Crippen MR) is 61.0 cm³/mol. The summed E-state index contributed by atoms with van der Waals surface area (Å²) in [5.41, 5.74) is 14.4. The standard InChI is InChI=1S/C10H11BN2/c11-6-1-2-7-8(5-6)10(13)4-3-9(7)12/h1-5H,11-13H2. The highest BCUT2D eigenvalue weighted by Gasteiger charge is 2.00. The van der Waals surface area contributed by atoms with E-state index in [1.165, 1.54) is 5.46 Å². The first kappa shape index (κ1) is 7.99. The van der Waals surface area contributed by atoms with E-state index in [1.54, 1.807) is 0 Å². The quantitative estimate of drug-likeness (QED) is 0.440. The number of fused-ring (bicyclic) bond motifs is 1. The largest absolute Gasteiger partial charge is 0.398 e. The van der Waals surface area contributed by atoms with Crippen molar-refractivity contribution in [3.8, 4) is 0 Å². The molecule has 0 bridgehead atoms. The maximum atomic E-state index is 5.84. The molecule has 0 saturated carbocycles. The van der Waals surface area contributed by atoms with Gasteiger partial charge in [-0.25, -0.2) is 0 Å². The Morgan fingerprint density at radius 2 is 1.46 bits per heavy atom. The zero-order chi connectivity index (χ0) is 9.42. The second-order valence-corrected chi connectivity index (χ2v) is 3.29. The average Bonchev–Trinajstić information content (AvgIpc) is 2.12. The van der Waals surface area contributed by atoms with Crippen molar-refractivity contribution in [3.63, 3.8) is 0 Å². The highest BCUT2D eigenvalue weighted by molar-refractivity contribution is 6.33. The van der Waals surface area contributed by atoms with Gasteiger partial charge in [-0.3, -0.25) is 0 Å². The molecule has 4 N–H and O–H groups in total. The lowest BCUT2D eigenvalue weighted by molar-refractivity contribution is 1.73. The molecule has 0 aromatic heterocycles. The average molecular weight is 170 g/mol. The molecule has 2 aromatic carbocycles. The number of anilines is 2. The fourth-order valence-electron chi connectivity index (χ4n) is 1.51. The van der Waals surface area contributed by atoms with Crippen LogP contribution in [0.5, 0.6) is 0 Å². The third-order valence-corrected chi connectivity index (χ3v) is 2.24. The van der Waals surface area contributed by atoms with Crippen LogP contribution in [0.1, 0.15) is 0 Å². The lowest BCUT2D eigenvalue weighted by Gasteiger charge is -2.05. The van der Waals surface area contributed by atoms with Gasteiger partial charge < -0.3 is 11.5 Å². The zero-order valence-electron chi connectivity index (χ0n) is 7.54. The van der Waals surface area contributed by atoms with E-state index >= 15 is 0 Å². The monoisotopic (exact) mass is 170 g/mol. The minimum Gasteiger partial charge on any atom is -0.398 e. The van der Waals surface area contributed by atoms with Gasteiger partial charge in [-0.15, -0.1) is 0 Å². The lowest BCUT2D eigenvalue weighted by atomic mass is 9.92. The van der Waals surface area contributed by atoms with Crippen LogP contribution in [0.15, 0.2) is 30.3 Å². The van der Waals surface area contributed by atoms with E-state index in [2.05, 4.69) is 6.07 Å². The number of hydrogen-bond acceptors (Lipinski definition) is 2. The molecule has 3 heteroatoms. The third kappa shape index (κ3) is 1.22. The summed E-state index contributed by atoms with van der Waals surface area (Å²) in [6.07, 6.45) is 0. The molecule has 2 aromatic rings. The van der Waals surface area contributed by atoms with Crippen LogP contribution in [0, 0.1) is 0 Å². The van der Waals surface area contributed by atoms with Crippen LogP contribution in [0.25, 0.3) is 10.8 Å². The second-order valence-electron chi connectivity index (χ2n) is 3.29. The van der Waals surface area contributed by atoms with Crippen LogP contribution < -0.4 is 16.9 Å². The second kappa shape index (κ2) is 2.70. The summed E-state index contributed by atoms with van der Waals surface area (Å²) in [5, 5.41) is 2.07. The Hall–Kier alpha value is -1.64. The summed E-state index contributed by atoms with van der Waals surface area (Å²) >= 11 is 0. The van der Waals surface area contributed by atoms with E-state index in [0.29, 0.717) is 0 Å². The Balaban J connectivity index is 2.92. The molecule has 0 amide bonds. The molecule has 0 spiro atoms. The number of nitrogen functional groups attached to an aromatic ring is 2. The molecule has 0 aliphatic carbocycles. The Morgan fingerprint density at radius 3 is 2.15 bits per heavy atom. The summed E-state index contributed by atoms with van der Waals surface area (Å²) in [4.78, 5) is 0. The number of hydrogen-bond donors (Lipinski definition) is 2. The van der Waals surface area contributed by atoms with Gasteiger partial charge in [-0.1, -0.05) is 23.7 Å². The van der Waals surface area contributed by atoms with E-state index in [1.807, 2.05) is 32.1 Å². The zero-order valence-corrected chi connectivity index (χ0v) is 7.54. The van der Waals surface area contributed by atoms with E-state index in [9.17, 15) is 0 Å². The maximum absolute atomic E-state index is 5.84. The van der Waals surface area contributed by atoms with Crippen molar-refractivity contribution in [1.82, 2.24) is 0 Å². The van der Waals surface area contributed by atoms with Gasteiger partial charge in [0.15, 0.2) is 0 Å². The minimum atomic E-state index is 0.782. The Bertz CT molecular complexity index is 466. The number of benzene rings is 2. The molecule has 13 heavy (non-hydrogen) atoms. The molecule has 0 radical (unpaired) electrons. The Labute approximate surface area is 77.9 Å². The minimum absolute atomic E-state index is 0.782. The van der Waals surface area contributed by atoms with Gasteiger partial charge in [-0.05, 0) is 12.1 Å². The van der Waals surface area contributed by atoms with Gasteiger partial charge in [-0.2, -0.15) is 0 Å². The summed E-state index contributed by atoms with van der Waals surface area (Å²) in [6, 6.07) is 9.79. The van der Waals surface area contributed by atoms with E-state index in [0.717, 1.165) is 22.1 Å². The molecular weight excluding hydrogens is 159 g/mol. The van der Waals surface area contributed by atoms with E-state index < -0.39 is 0 Å². The maximum Gasteiger partial charge on any atom is 0.139 e. The molecule has 0 aliphatic heterocycles. The van der Waals surface area contributed by atoms with Gasteiger partial charge in [0.1, 0.15) is 7.85 Å². The van der Waals surface area contributed by atoms with Crippen molar-refractivity contribution in [2.45, 2.75) is 0 Å². The van der Waals surface area contributed by atoms with Crippen LogP contribution in [0.2, 0.25) is 0 Å². The summed E-state index contributed by atoms with van der Waals surface area (Å²) in [5.74, 6) is 0. The molecule has 0 aliphatic rings. The summed E-state index contributed by atoms with van der Waals surface area (Å²) in [6.45, 7) is 0. The van der Waals surface area contributed by atoms with Crippen LogP contribution in [0.4, 0.5) is 11.4 Å². The van der Waals surface area contributed by atoms with Gasteiger partial charge in [0.2, 0.25) is 0 Å². The molecule has 64 valence electrons. The number of nitrogens with two attached hydrogens (primary N) is 2. The summed E-state index contributed by atoms with van der Waals surface area (Å²) in [7, 11) is 2.04. The fraction of sp³-hybridized carbons (Fsp3) is 0. The smallest absolute Gasteiger partial charge is 0.139 e. The predicted octanol–water partition coefficient (Wildman–Crippen LogP) is 0.263. The van der Waals surface area contributed by atoms with Crippen LogP contribution >= 0.6 is 0 Å². The molecule has 0 heterocycles. The SMILES string of the molecule is Bc1ccc2c(N)ccc(N)c2c1. The highest BCUT2D eigenvalue weighted by atomic mass is 14.6. The molecule has 0 atom stereocenters. The van der Waals surface area contributed by atoms with Gasteiger partial charge in [0, 0.05) is 22.1 Å². The molecule has 2 rings (SSSR count). The van der Waals surface area contributed by atoms with Gasteiger partial charge in [0.25, 0.3) is 0 Å². The van der Waals surface area contributed by atoms with Crippen LogP contribution in [-0.2, 0) is 0 Å². The first-order chi connectivity index (χ1) is 6.18. The number of rotatable bonds is 0. The van der Waals surface area contributed by atoms with Crippen molar-refractivity contribution >= 4 is 35.5 Å².